The molecule has 0 spiro atoms. The van der Waals surface area contributed by atoms with Crippen LogP contribution in [0.4, 0.5) is 4.39 Å². The fourth-order valence-corrected chi connectivity index (χ4v) is 1.74. The topological polar surface area (TPSA) is 47.3 Å². The number of aromatic nitrogens is 2. The van der Waals surface area contributed by atoms with Gasteiger partial charge < -0.3 is 14.4 Å². The van der Waals surface area contributed by atoms with Crippen LogP contribution in [0.1, 0.15) is 25.0 Å². The van der Waals surface area contributed by atoms with E-state index in [2.05, 4.69) is 4.98 Å². The number of rotatable bonds is 6. The van der Waals surface area contributed by atoms with Crippen molar-refractivity contribution < 1.29 is 14.2 Å². The van der Waals surface area contributed by atoms with Gasteiger partial charge in [0, 0.05) is 18.9 Å². The van der Waals surface area contributed by atoms with Gasteiger partial charge in [0.15, 0.2) is 11.6 Å². The summed E-state index contributed by atoms with van der Waals surface area (Å²) in [5.41, 5.74) is 0.545. The molecule has 1 aromatic carbocycles. The Balaban J connectivity index is 1.82. The molecule has 2 rings (SSSR count). The second-order valence-corrected chi connectivity index (χ2v) is 4.37. The Hall–Kier alpha value is -1.88. The maximum atomic E-state index is 13.7. The van der Waals surface area contributed by atoms with Crippen molar-refractivity contribution in [1.82, 2.24) is 9.55 Å². The lowest BCUT2D eigenvalue weighted by Gasteiger charge is -2.10. The van der Waals surface area contributed by atoms with Crippen LogP contribution < -0.4 is 4.74 Å². The summed E-state index contributed by atoms with van der Waals surface area (Å²) >= 11 is 0. The van der Waals surface area contributed by atoms with Crippen LogP contribution in [-0.4, -0.2) is 21.3 Å². The highest BCUT2D eigenvalue weighted by Crippen LogP contribution is 2.22. The molecule has 19 heavy (non-hydrogen) atoms. The van der Waals surface area contributed by atoms with E-state index in [1.807, 2.05) is 10.8 Å². The minimum Gasteiger partial charge on any atom is -0.490 e. The summed E-state index contributed by atoms with van der Waals surface area (Å²) < 4.78 is 21.0. The third-order valence-electron chi connectivity index (χ3n) is 2.82. The van der Waals surface area contributed by atoms with Gasteiger partial charge in [-0.15, -0.1) is 0 Å². The van der Waals surface area contributed by atoms with E-state index in [-0.39, 0.29) is 5.75 Å². The van der Waals surface area contributed by atoms with E-state index < -0.39 is 11.9 Å². The van der Waals surface area contributed by atoms with Crippen molar-refractivity contribution in [2.45, 2.75) is 26.0 Å². The summed E-state index contributed by atoms with van der Waals surface area (Å²) in [7, 11) is 0. The molecular weight excluding hydrogens is 247 g/mol. The Morgan fingerprint density at radius 1 is 1.47 bits per heavy atom. The van der Waals surface area contributed by atoms with E-state index in [9.17, 15) is 9.50 Å². The lowest BCUT2D eigenvalue weighted by atomic mass is 10.1. The van der Waals surface area contributed by atoms with Crippen molar-refractivity contribution >= 4 is 0 Å². The highest BCUT2D eigenvalue weighted by molar-refractivity contribution is 5.30. The van der Waals surface area contributed by atoms with E-state index in [1.165, 1.54) is 6.07 Å². The molecule has 0 amide bonds. The van der Waals surface area contributed by atoms with Gasteiger partial charge in [0.2, 0.25) is 0 Å². The Bertz CT molecular complexity index is 512. The van der Waals surface area contributed by atoms with Crippen LogP contribution in [-0.2, 0) is 6.54 Å². The van der Waals surface area contributed by atoms with Crippen molar-refractivity contribution in [2.24, 2.45) is 0 Å². The molecule has 1 N–H and O–H groups in total. The van der Waals surface area contributed by atoms with Gasteiger partial charge in [-0.3, -0.25) is 0 Å². The predicted molar refractivity (Wildman–Crippen MR) is 69.4 cm³/mol. The van der Waals surface area contributed by atoms with Gasteiger partial charge in [-0.05, 0) is 31.0 Å². The molecular formula is C14H17FN2O2. The van der Waals surface area contributed by atoms with Gasteiger partial charge in [0.05, 0.1) is 19.0 Å². The Labute approximate surface area is 111 Å². The molecule has 0 aliphatic carbocycles. The molecule has 0 saturated carbocycles. The first kappa shape index (κ1) is 13.5. The van der Waals surface area contributed by atoms with Gasteiger partial charge in [-0.1, -0.05) is 6.07 Å². The lowest BCUT2D eigenvalue weighted by molar-refractivity contribution is 0.198. The molecule has 1 heterocycles. The van der Waals surface area contributed by atoms with Gasteiger partial charge in [-0.2, -0.15) is 0 Å². The molecule has 1 aromatic heterocycles. The van der Waals surface area contributed by atoms with Crippen molar-refractivity contribution in [3.8, 4) is 5.75 Å². The molecule has 1 unspecified atom stereocenters. The van der Waals surface area contributed by atoms with Gasteiger partial charge in [0.25, 0.3) is 0 Å². The standard InChI is InChI=1S/C14H17FN2O2/c1-11(18)12-3-4-14(13(15)9-12)19-8-2-6-17-7-5-16-10-17/h3-5,7,9-11,18H,2,6,8H2,1H3. The quantitative estimate of drug-likeness (QED) is 0.816. The minimum absolute atomic E-state index is 0.218. The number of hydrogen-bond acceptors (Lipinski definition) is 3. The molecule has 0 radical (unpaired) electrons. The van der Waals surface area contributed by atoms with Gasteiger partial charge >= 0.3 is 0 Å². The smallest absolute Gasteiger partial charge is 0.165 e. The molecule has 2 aromatic rings. The second-order valence-electron chi connectivity index (χ2n) is 4.37. The second kappa shape index (κ2) is 6.33. The first-order valence-electron chi connectivity index (χ1n) is 6.23. The number of benzene rings is 1. The largest absolute Gasteiger partial charge is 0.490 e. The lowest BCUT2D eigenvalue weighted by Crippen LogP contribution is -2.04. The summed E-state index contributed by atoms with van der Waals surface area (Å²) in [6.45, 7) is 2.82. The fraction of sp³-hybridized carbons (Fsp3) is 0.357. The summed E-state index contributed by atoms with van der Waals surface area (Å²) in [4.78, 5) is 3.94. The van der Waals surface area contributed by atoms with Crippen molar-refractivity contribution in [3.05, 3.63) is 48.3 Å². The number of nitrogens with zero attached hydrogens (tertiary/aromatic N) is 2. The monoisotopic (exact) mass is 264 g/mol. The van der Waals surface area contributed by atoms with E-state index in [0.717, 1.165) is 13.0 Å². The normalized spacial score (nSPS) is 12.4. The van der Waals surface area contributed by atoms with Crippen LogP contribution in [0.3, 0.4) is 0 Å². The summed E-state index contributed by atoms with van der Waals surface area (Å²) in [5, 5.41) is 9.34. The molecule has 0 aliphatic rings. The summed E-state index contributed by atoms with van der Waals surface area (Å²) in [6, 6.07) is 4.52. The van der Waals surface area contributed by atoms with E-state index in [4.69, 9.17) is 4.74 Å². The van der Waals surface area contributed by atoms with Crippen molar-refractivity contribution in [3.63, 3.8) is 0 Å². The zero-order valence-corrected chi connectivity index (χ0v) is 10.8. The first-order valence-corrected chi connectivity index (χ1v) is 6.23. The first-order chi connectivity index (χ1) is 9.16. The Kier molecular flexibility index (Phi) is 4.52. The molecule has 0 saturated heterocycles. The predicted octanol–water partition coefficient (Wildman–Crippen LogP) is 2.54. The fourth-order valence-electron chi connectivity index (χ4n) is 1.74. The number of aliphatic hydroxyl groups is 1. The van der Waals surface area contributed by atoms with E-state index in [1.54, 1.807) is 31.6 Å². The molecule has 5 heteroatoms. The van der Waals surface area contributed by atoms with Crippen LogP contribution in [0.2, 0.25) is 0 Å². The number of ether oxygens (including phenoxy) is 1. The minimum atomic E-state index is -0.676. The molecule has 0 fully saturated rings. The average Bonchev–Trinajstić information content (AvgIpc) is 2.89. The van der Waals surface area contributed by atoms with E-state index >= 15 is 0 Å². The molecule has 0 bridgehead atoms. The number of imidazole rings is 1. The number of halogens is 1. The molecule has 4 nitrogen and oxygen atoms in total. The Morgan fingerprint density at radius 3 is 2.95 bits per heavy atom. The molecule has 0 aliphatic heterocycles. The SMILES string of the molecule is CC(O)c1ccc(OCCCn2ccnc2)c(F)c1. The average molecular weight is 264 g/mol. The van der Waals surface area contributed by atoms with Crippen molar-refractivity contribution in [1.29, 1.82) is 0 Å². The number of aliphatic hydroxyl groups excluding tert-OH is 1. The van der Waals surface area contributed by atoms with Crippen molar-refractivity contribution in [2.75, 3.05) is 6.61 Å². The zero-order chi connectivity index (χ0) is 13.7. The van der Waals surface area contributed by atoms with Crippen LogP contribution in [0.25, 0.3) is 0 Å². The highest BCUT2D eigenvalue weighted by atomic mass is 19.1. The van der Waals surface area contributed by atoms with Gasteiger partial charge in [0.1, 0.15) is 0 Å². The third-order valence-corrected chi connectivity index (χ3v) is 2.82. The summed E-state index contributed by atoms with van der Waals surface area (Å²) in [5.74, 6) is -0.226. The van der Waals surface area contributed by atoms with Crippen LogP contribution in [0.5, 0.6) is 5.75 Å². The third kappa shape index (κ3) is 3.79. The van der Waals surface area contributed by atoms with E-state index in [0.29, 0.717) is 12.2 Å². The van der Waals surface area contributed by atoms with Crippen LogP contribution in [0.15, 0.2) is 36.9 Å². The van der Waals surface area contributed by atoms with Gasteiger partial charge in [-0.25, -0.2) is 9.37 Å². The number of hydrogen-bond donors (Lipinski definition) is 1. The summed E-state index contributed by atoms with van der Waals surface area (Å²) in [6.07, 6.45) is 5.42. The Morgan fingerprint density at radius 2 is 2.32 bits per heavy atom. The number of aryl methyl sites for hydroxylation is 1. The molecule has 102 valence electrons. The zero-order valence-electron chi connectivity index (χ0n) is 10.8. The maximum absolute atomic E-state index is 13.7. The van der Waals surface area contributed by atoms with Crippen LogP contribution >= 0.6 is 0 Å². The maximum Gasteiger partial charge on any atom is 0.165 e. The molecule has 1 atom stereocenters. The van der Waals surface area contributed by atoms with Crippen LogP contribution in [0, 0.1) is 5.82 Å². The highest BCUT2D eigenvalue weighted by Gasteiger charge is 2.07.